The number of nitrogens with zero attached hydrogens (tertiary/aromatic N) is 3. The van der Waals surface area contributed by atoms with Crippen molar-refractivity contribution in [3.8, 4) is 0 Å². The van der Waals surface area contributed by atoms with Crippen molar-refractivity contribution in [1.82, 2.24) is 14.8 Å². The van der Waals surface area contributed by atoms with E-state index in [1.165, 1.54) is 0 Å². The van der Waals surface area contributed by atoms with E-state index in [2.05, 4.69) is 11.9 Å². The average molecular weight is 349 g/mol. The van der Waals surface area contributed by atoms with Gasteiger partial charge in [-0.1, -0.05) is 6.92 Å². The van der Waals surface area contributed by atoms with Crippen molar-refractivity contribution < 1.29 is 14.3 Å². The number of hydrogen-bond donors (Lipinski definition) is 0. The van der Waals surface area contributed by atoms with Gasteiger partial charge in [-0.2, -0.15) is 0 Å². The Kier molecular flexibility index (Phi) is 5.73. The summed E-state index contributed by atoms with van der Waals surface area (Å²) in [6.45, 7) is 5.08. The number of thioether (sulfide) groups is 1. The third-order valence-corrected chi connectivity index (χ3v) is 5.22. The monoisotopic (exact) mass is 349 g/mol. The van der Waals surface area contributed by atoms with Crippen LogP contribution in [0.1, 0.15) is 30.1 Å². The Labute approximate surface area is 146 Å². The van der Waals surface area contributed by atoms with Crippen LogP contribution in [0.3, 0.4) is 0 Å². The molecule has 130 valence electrons. The molecule has 24 heavy (non-hydrogen) atoms. The highest BCUT2D eigenvalue weighted by atomic mass is 32.2. The summed E-state index contributed by atoms with van der Waals surface area (Å²) in [5.41, 5.74) is 0.553. The first-order chi connectivity index (χ1) is 11.7. The average Bonchev–Trinajstić information content (AvgIpc) is 3.12. The zero-order valence-electron chi connectivity index (χ0n) is 13.9. The minimum atomic E-state index is -0.347. The maximum absolute atomic E-state index is 12.8. The van der Waals surface area contributed by atoms with Crippen molar-refractivity contribution >= 4 is 23.6 Å². The van der Waals surface area contributed by atoms with Crippen LogP contribution in [0, 0.1) is 0 Å². The quantitative estimate of drug-likeness (QED) is 0.774. The zero-order chi connectivity index (χ0) is 16.9. The number of ether oxygens (including phenoxy) is 1. The maximum Gasteiger partial charge on any atom is 0.256 e. The van der Waals surface area contributed by atoms with E-state index in [-0.39, 0.29) is 17.9 Å². The second-order valence-electron chi connectivity index (χ2n) is 5.91. The lowest BCUT2D eigenvalue weighted by Crippen LogP contribution is -2.51. The smallest absolute Gasteiger partial charge is 0.256 e. The fourth-order valence-electron chi connectivity index (χ4n) is 3.17. The lowest BCUT2D eigenvalue weighted by molar-refractivity contribution is -0.139. The third-order valence-electron chi connectivity index (χ3n) is 4.40. The predicted molar refractivity (Wildman–Crippen MR) is 92.1 cm³/mol. The molecule has 0 bridgehead atoms. The number of carbonyl (C=O) groups excluding carboxylic acids is 2. The Morgan fingerprint density at radius 1 is 1.29 bits per heavy atom. The molecular weight excluding hydrogens is 326 g/mol. The minimum Gasteiger partial charge on any atom is -0.378 e. The summed E-state index contributed by atoms with van der Waals surface area (Å²) in [6, 6.07) is 3.33. The number of aromatic nitrogens is 1. The highest BCUT2D eigenvalue weighted by molar-refractivity contribution is 7.99. The molecule has 0 aromatic carbocycles. The van der Waals surface area contributed by atoms with Gasteiger partial charge in [-0.25, -0.2) is 4.98 Å². The minimum absolute atomic E-state index is 0.0512. The van der Waals surface area contributed by atoms with Crippen molar-refractivity contribution in [2.45, 2.75) is 30.8 Å². The normalized spacial score (nSPS) is 21.1. The molecule has 2 fully saturated rings. The molecule has 3 heterocycles. The van der Waals surface area contributed by atoms with Gasteiger partial charge in [0, 0.05) is 25.8 Å². The molecule has 2 aliphatic rings. The molecule has 0 radical (unpaired) electrons. The number of morpholine rings is 1. The zero-order valence-corrected chi connectivity index (χ0v) is 14.8. The van der Waals surface area contributed by atoms with Crippen molar-refractivity contribution in [2.24, 2.45) is 0 Å². The van der Waals surface area contributed by atoms with E-state index in [9.17, 15) is 9.59 Å². The predicted octanol–water partition coefficient (Wildman–Crippen LogP) is 1.66. The van der Waals surface area contributed by atoms with E-state index >= 15 is 0 Å². The van der Waals surface area contributed by atoms with Gasteiger partial charge in [-0.3, -0.25) is 9.59 Å². The number of carbonyl (C=O) groups is 2. The first-order valence-corrected chi connectivity index (χ1v) is 9.45. The first-order valence-electron chi connectivity index (χ1n) is 8.47. The topological polar surface area (TPSA) is 62.7 Å². The van der Waals surface area contributed by atoms with E-state index in [0.29, 0.717) is 38.4 Å². The molecule has 6 nitrogen and oxygen atoms in total. The molecule has 0 aliphatic carbocycles. The molecule has 7 heteroatoms. The number of likely N-dealkylation sites (tertiary alicyclic amines) is 1. The molecule has 1 atom stereocenters. The molecule has 0 saturated carbocycles. The van der Waals surface area contributed by atoms with Crippen LogP contribution in [0.5, 0.6) is 0 Å². The lowest BCUT2D eigenvalue weighted by Gasteiger charge is -2.32. The summed E-state index contributed by atoms with van der Waals surface area (Å²) in [5.74, 6) is 0.901. The number of hydrogen-bond acceptors (Lipinski definition) is 5. The van der Waals surface area contributed by atoms with Gasteiger partial charge in [0.05, 0.1) is 23.8 Å². The van der Waals surface area contributed by atoms with Crippen molar-refractivity contribution in [3.63, 3.8) is 0 Å². The Morgan fingerprint density at radius 2 is 2.08 bits per heavy atom. The fraction of sp³-hybridized carbons (Fsp3) is 0.588. The second-order valence-corrected chi connectivity index (χ2v) is 7.20. The fourth-order valence-corrected chi connectivity index (χ4v) is 3.75. The van der Waals surface area contributed by atoms with Crippen LogP contribution >= 0.6 is 11.8 Å². The van der Waals surface area contributed by atoms with Gasteiger partial charge in [-0.15, -0.1) is 11.8 Å². The van der Waals surface area contributed by atoms with Crippen molar-refractivity contribution in [1.29, 1.82) is 0 Å². The van der Waals surface area contributed by atoms with Gasteiger partial charge in [0.2, 0.25) is 5.91 Å². The molecule has 1 aromatic heterocycles. The SMILES string of the molecule is CCSc1ccc(C(=O)N2CCCC2C(=O)N2CCOCC2)cn1. The molecule has 1 aromatic rings. The summed E-state index contributed by atoms with van der Waals surface area (Å²) in [6.07, 6.45) is 3.22. The van der Waals surface area contributed by atoms with Gasteiger partial charge < -0.3 is 14.5 Å². The number of pyridine rings is 1. The summed E-state index contributed by atoms with van der Waals surface area (Å²) in [5, 5.41) is 0.913. The second kappa shape index (κ2) is 7.98. The van der Waals surface area contributed by atoms with E-state index in [1.54, 1.807) is 22.9 Å². The molecule has 2 saturated heterocycles. The van der Waals surface area contributed by atoms with Crippen LogP contribution in [0.25, 0.3) is 0 Å². The summed E-state index contributed by atoms with van der Waals surface area (Å²) >= 11 is 1.64. The maximum atomic E-state index is 12.8. The van der Waals surface area contributed by atoms with Gasteiger partial charge >= 0.3 is 0 Å². The number of amides is 2. The summed E-state index contributed by atoms with van der Waals surface area (Å²) in [4.78, 5) is 33.4. The van der Waals surface area contributed by atoms with Gasteiger partial charge in [0.1, 0.15) is 6.04 Å². The molecule has 0 spiro atoms. The number of rotatable bonds is 4. The van der Waals surface area contributed by atoms with Crippen LogP contribution in [0.15, 0.2) is 23.4 Å². The van der Waals surface area contributed by atoms with Crippen LogP contribution < -0.4 is 0 Å². The molecule has 2 amide bonds. The van der Waals surface area contributed by atoms with Crippen LogP contribution in [0.4, 0.5) is 0 Å². The van der Waals surface area contributed by atoms with Crippen molar-refractivity contribution in [2.75, 3.05) is 38.6 Å². The van der Waals surface area contributed by atoms with Gasteiger partial charge in [0.15, 0.2) is 0 Å². The molecular formula is C17H23N3O3S. The largest absolute Gasteiger partial charge is 0.378 e. The van der Waals surface area contributed by atoms with Gasteiger partial charge in [-0.05, 0) is 30.7 Å². The Morgan fingerprint density at radius 3 is 2.75 bits per heavy atom. The highest BCUT2D eigenvalue weighted by Gasteiger charge is 2.37. The van der Waals surface area contributed by atoms with Crippen molar-refractivity contribution in [3.05, 3.63) is 23.9 Å². The molecule has 2 aliphatic heterocycles. The lowest BCUT2D eigenvalue weighted by atomic mass is 10.1. The van der Waals surface area contributed by atoms with Crippen LogP contribution in [0.2, 0.25) is 0 Å². The Hall–Kier alpha value is -1.60. The Balaban J connectivity index is 1.69. The summed E-state index contributed by atoms with van der Waals surface area (Å²) in [7, 11) is 0. The van der Waals surface area contributed by atoms with Crippen LogP contribution in [-0.4, -0.2) is 71.2 Å². The molecule has 1 unspecified atom stereocenters. The first kappa shape index (κ1) is 17.2. The highest BCUT2D eigenvalue weighted by Crippen LogP contribution is 2.23. The molecule has 3 rings (SSSR count). The standard InChI is InChI=1S/C17H23N3O3S/c1-2-24-15-6-5-13(12-18-15)16(21)20-7-3-4-14(20)17(22)19-8-10-23-11-9-19/h5-6,12,14H,2-4,7-11H2,1H3. The van der Waals surface area contributed by atoms with E-state index in [0.717, 1.165) is 23.6 Å². The van der Waals surface area contributed by atoms with Crippen LogP contribution in [-0.2, 0) is 9.53 Å². The van der Waals surface area contributed by atoms with E-state index < -0.39 is 0 Å². The summed E-state index contributed by atoms with van der Waals surface area (Å²) < 4.78 is 5.30. The third kappa shape index (κ3) is 3.72. The van der Waals surface area contributed by atoms with E-state index in [1.807, 2.05) is 17.0 Å². The molecule has 0 N–H and O–H groups in total. The Bertz CT molecular complexity index is 587. The van der Waals surface area contributed by atoms with Gasteiger partial charge in [0.25, 0.3) is 5.91 Å². The van der Waals surface area contributed by atoms with E-state index in [4.69, 9.17) is 4.74 Å².